The van der Waals surface area contributed by atoms with Crippen molar-refractivity contribution in [1.82, 2.24) is 9.80 Å². The zero-order chi connectivity index (χ0) is 33.5. The Morgan fingerprint density at radius 1 is 0.894 bits per heavy atom. The van der Waals surface area contributed by atoms with Gasteiger partial charge in [-0.05, 0) is 56.5 Å². The molecule has 3 amide bonds. The van der Waals surface area contributed by atoms with Crippen LogP contribution in [0.4, 0.5) is 11.4 Å². The van der Waals surface area contributed by atoms with E-state index >= 15 is 0 Å². The van der Waals surface area contributed by atoms with Crippen molar-refractivity contribution < 1.29 is 24.2 Å². The van der Waals surface area contributed by atoms with Gasteiger partial charge in [-0.1, -0.05) is 74.9 Å². The van der Waals surface area contributed by atoms with E-state index in [4.69, 9.17) is 4.74 Å². The van der Waals surface area contributed by atoms with Crippen molar-refractivity contribution in [3.8, 4) is 0 Å². The number of aliphatic hydroxyl groups is 1. The highest BCUT2D eigenvalue weighted by molar-refractivity contribution is 6.06. The first-order valence-electron chi connectivity index (χ1n) is 17.1. The summed E-state index contributed by atoms with van der Waals surface area (Å²) in [5, 5.41) is 10.7. The molecule has 4 aliphatic heterocycles. The molecule has 9 heteroatoms. The van der Waals surface area contributed by atoms with Crippen molar-refractivity contribution in [3.63, 3.8) is 0 Å². The Labute approximate surface area is 278 Å². The molecule has 0 saturated carbocycles. The van der Waals surface area contributed by atoms with Gasteiger partial charge in [0.2, 0.25) is 11.8 Å². The second kappa shape index (κ2) is 12.9. The quantitative estimate of drug-likeness (QED) is 0.387. The number of rotatable bonds is 10. The van der Waals surface area contributed by atoms with E-state index in [1.54, 1.807) is 14.7 Å². The Morgan fingerprint density at radius 2 is 1.57 bits per heavy atom. The number of fused-ring (bicyclic) bond motifs is 2. The average molecular weight is 641 g/mol. The number of hydrogen-bond donors (Lipinski definition) is 1. The maximum atomic E-state index is 15.0. The summed E-state index contributed by atoms with van der Waals surface area (Å²) in [7, 11) is 0. The second-order valence-electron chi connectivity index (χ2n) is 13.5. The van der Waals surface area contributed by atoms with Crippen LogP contribution in [-0.2, 0) is 25.7 Å². The molecule has 250 valence electrons. The molecule has 0 radical (unpaired) electrons. The summed E-state index contributed by atoms with van der Waals surface area (Å²) in [6, 6.07) is 16.1. The highest BCUT2D eigenvalue weighted by Crippen LogP contribution is 2.58. The summed E-state index contributed by atoms with van der Waals surface area (Å²) in [6.45, 7) is 12.6. The van der Waals surface area contributed by atoms with Crippen LogP contribution in [0, 0.1) is 17.8 Å². The summed E-state index contributed by atoms with van der Waals surface area (Å²) in [5.74, 6) is -2.64. The van der Waals surface area contributed by atoms with Gasteiger partial charge in [-0.15, -0.1) is 0 Å². The van der Waals surface area contributed by atoms with Gasteiger partial charge in [0.15, 0.2) is 0 Å². The van der Waals surface area contributed by atoms with E-state index in [9.17, 15) is 19.5 Å². The smallest absolute Gasteiger partial charge is 0.253 e. The van der Waals surface area contributed by atoms with E-state index in [0.717, 1.165) is 30.0 Å². The molecule has 0 bridgehead atoms. The van der Waals surface area contributed by atoms with Gasteiger partial charge in [0, 0.05) is 44.1 Å². The molecule has 1 unspecified atom stereocenters. The lowest BCUT2D eigenvalue weighted by molar-refractivity contribution is -0.152. The highest BCUT2D eigenvalue weighted by atomic mass is 16.5. The van der Waals surface area contributed by atoms with Crippen molar-refractivity contribution in [1.29, 1.82) is 0 Å². The van der Waals surface area contributed by atoms with E-state index in [-0.39, 0.29) is 36.8 Å². The van der Waals surface area contributed by atoms with Gasteiger partial charge in [-0.3, -0.25) is 14.4 Å². The van der Waals surface area contributed by atoms with Crippen LogP contribution in [0.5, 0.6) is 0 Å². The number of benzene rings is 2. The van der Waals surface area contributed by atoms with Gasteiger partial charge in [0.25, 0.3) is 5.91 Å². The summed E-state index contributed by atoms with van der Waals surface area (Å²) >= 11 is 0. The molecule has 0 aliphatic carbocycles. The topological polar surface area (TPSA) is 93.6 Å². The third kappa shape index (κ3) is 5.37. The molecule has 47 heavy (non-hydrogen) atoms. The predicted molar refractivity (Wildman–Crippen MR) is 183 cm³/mol. The summed E-state index contributed by atoms with van der Waals surface area (Å²) < 4.78 is 7.02. The highest BCUT2D eigenvalue weighted by Gasteiger charge is 2.75. The fourth-order valence-electron chi connectivity index (χ4n) is 8.29. The molecule has 6 rings (SSSR count). The van der Waals surface area contributed by atoms with Crippen molar-refractivity contribution in [2.75, 3.05) is 42.6 Å². The fraction of sp³-hybridized carbons (Fsp3) is 0.500. The molecule has 2 saturated heterocycles. The summed E-state index contributed by atoms with van der Waals surface area (Å²) in [5.41, 5.74) is 0.285. The summed E-state index contributed by atoms with van der Waals surface area (Å²) in [4.78, 5) is 51.7. The van der Waals surface area contributed by atoms with Crippen molar-refractivity contribution >= 4 is 29.1 Å². The minimum Gasteiger partial charge on any atom is -0.394 e. The lowest BCUT2D eigenvalue weighted by Crippen LogP contribution is -2.60. The monoisotopic (exact) mass is 640 g/mol. The minimum absolute atomic E-state index is 0.0904. The first kappa shape index (κ1) is 33.0. The average Bonchev–Trinajstić information content (AvgIpc) is 3.35. The predicted octanol–water partition coefficient (Wildman–Crippen LogP) is 4.41. The van der Waals surface area contributed by atoms with E-state index in [1.807, 2.05) is 99.7 Å². The van der Waals surface area contributed by atoms with Crippen LogP contribution < -0.4 is 9.80 Å². The minimum atomic E-state index is -1.39. The van der Waals surface area contributed by atoms with Crippen molar-refractivity contribution in [2.45, 2.75) is 70.9 Å². The molecular weight excluding hydrogens is 592 g/mol. The Morgan fingerprint density at radius 3 is 2.21 bits per heavy atom. The molecule has 1 N–H and O–H groups in total. The van der Waals surface area contributed by atoms with Gasteiger partial charge >= 0.3 is 0 Å². The second-order valence-corrected chi connectivity index (χ2v) is 13.5. The number of nitrogens with zero attached hydrogens (tertiary/aromatic N) is 4. The van der Waals surface area contributed by atoms with Gasteiger partial charge in [-0.2, -0.15) is 0 Å². The third-order valence-corrected chi connectivity index (χ3v) is 10.9. The zero-order valence-corrected chi connectivity index (χ0v) is 28.2. The Hall–Kier alpha value is -3.95. The number of ether oxygens (including phenoxy) is 1. The number of hydrogen-bond acceptors (Lipinski definition) is 6. The first-order valence-corrected chi connectivity index (χ1v) is 17.1. The molecule has 2 aromatic carbocycles. The zero-order valence-electron chi connectivity index (χ0n) is 28.2. The molecule has 9 nitrogen and oxygen atoms in total. The van der Waals surface area contributed by atoms with Crippen LogP contribution in [0.3, 0.4) is 0 Å². The van der Waals surface area contributed by atoms with Crippen LogP contribution in [0.1, 0.15) is 46.6 Å². The Kier molecular flexibility index (Phi) is 9.06. The van der Waals surface area contributed by atoms with Gasteiger partial charge in [-0.25, -0.2) is 0 Å². The molecule has 4 aliphatic rings. The molecular formula is C38H48N4O5. The lowest BCUT2D eigenvalue weighted by atomic mass is 9.74. The van der Waals surface area contributed by atoms with Gasteiger partial charge < -0.3 is 29.4 Å². The molecule has 4 heterocycles. The molecule has 0 aromatic heterocycles. The van der Waals surface area contributed by atoms with Crippen LogP contribution in [0.15, 0.2) is 78.9 Å². The van der Waals surface area contributed by atoms with E-state index < -0.39 is 35.1 Å². The maximum absolute atomic E-state index is 15.0. The lowest BCUT2D eigenvalue weighted by Gasteiger charge is -2.41. The van der Waals surface area contributed by atoms with Crippen LogP contribution >= 0.6 is 0 Å². The van der Waals surface area contributed by atoms with Gasteiger partial charge in [0.05, 0.1) is 30.1 Å². The largest absolute Gasteiger partial charge is 0.394 e. The summed E-state index contributed by atoms with van der Waals surface area (Å²) in [6.07, 6.45) is 8.33. The van der Waals surface area contributed by atoms with Crippen LogP contribution in [-0.4, -0.2) is 88.7 Å². The van der Waals surface area contributed by atoms with E-state index in [1.165, 1.54) is 0 Å². The number of amides is 3. The SMILES string of the molecule is CC[C@H](C)[C@H](CO)N1C(=O)[C@@H]2[C@H]3C(=O)N(Cc4ccccc4)CC=C[C@@]3(C)O[C@@]23C=CCN(c2ccc(N(CC)CC)cc2)C(=O)C13. The molecule has 2 fully saturated rings. The number of carbonyl (C=O) groups excluding carboxylic acids is 3. The Bertz CT molecular complexity index is 1540. The Balaban J connectivity index is 1.44. The van der Waals surface area contributed by atoms with Crippen molar-refractivity contribution in [3.05, 3.63) is 84.5 Å². The number of carbonyl (C=O) groups is 3. The normalized spacial score (nSPS) is 29.7. The fourth-order valence-corrected chi connectivity index (χ4v) is 8.29. The third-order valence-electron chi connectivity index (χ3n) is 10.9. The van der Waals surface area contributed by atoms with Crippen LogP contribution in [0.25, 0.3) is 0 Å². The van der Waals surface area contributed by atoms with Gasteiger partial charge in [0.1, 0.15) is 11.6 Å². The first-order chi connectivity index (χ1) is 22.6. The molecule has 7 atom stereocenters. The maximum Gasteiger partial charge on any atom is 0.253 e. The number of likely N-dealkylation sites (tertiary alicyclic amines) is 1. The molecule has 1 spiro atoms. The number of anilines is 2. The molecule has 2 aromatic rings. The van der Waals surface area contributed by atoms with Crippen molar-refractivity contribution in [2.24, 2.45) is 17.8 Å². The van der Waals surface area contributed by atoms with E-state index in [0.29, 0.717) is 19.5 Å². The van der Waals surface area contributed by atoms with E-state index in [2.05, 4.69) is 18.7 Å². The number of aliphatic hydroxyl groups excluding tert-OH is 1. The standard InChI is InChI=1S/C38H48N4O5/c1-6-26(4)30(25-43)42-33-36(46)41(29-18-16-28(17-19-29)39(7-2)8-3)23-13-21-38(33)32(35(42)45)31-34(44)40(22-12-20-37(31,5)47-38)24-27-14-10-9-11-15-27/h9-21,26,30-33,43H,6-8,22-25H2,1-5H3/t26-,30-,31-,32-,33?,37+,38-/m0/s1. The van der Waals surface area contributed by atoms with Crippen LogP contribution in [0.2, 0.25) is 0 Å².